The lowest BCUT2D eigenvalue weighted by atomic mass is 9.84. The number of likely N-dealkylation sites (N-methyl/N-ethyl adjacent to an activating group) is 2. The minimum Gasteiger partial charge on any atom is -0.548 e. The van der Waals surface area contributed by atoms with E-state index in [1.165, 1.54) is 50.2 Å². The van der Waals surface area contributed by atoms with Crippen LogP contribution in [-0.4, -0.2) is 253 Å². The van der Waals surface area contributed by atoms with E-state index in [0.717, 1.165) is 87.5 Å². The minimum absolute atomic E-state index is 0.00260. The molecule has 5 aromatic rings. The summed E-state index contributed by atoms with van der Waals surface area (Å²) >= 11 is 14.4. The Morgan fingerprint density at radius 3 is 1.94 bits per heavy atom. The van der Waals surface area contributed by atoms with Crippen LogP contribution in [0.2, 0.25) is 10.0 Å². The summed E-state index contributed by atoms with van der Waals surface area (Å²) in [4.78, 5) is 119. The molecule has 12 rings (SSSR count). The number of carbonyl (C=O) groups is 8. The summed E-state index contributed by atoms with van der Waals surface area (Å²) < 4.78 is 51.9. The van der Waals surface area contributed by atoms with E-state index in [0.29, 0.717) is 17.6 Å². The van der Waals surface area contributed by atoms with Crippen molar-refractivity contribution in [2.45, 2.75) is 215 Å². The van der Waals surface area contributed by atoms with Crippen molar-refractivity contribution in [3.8, 4) is 57.1 Å². The number of aliphatic carboxylic acids is 1. The summed E-state index contributed by atoms with van der Waals surface area (Å²) in [5.74, 6) is -15.7. The molecule has 7 amide bonds. The van der Waals surface area contributed by atoms with Crippen LogP contribution in [-0.2, 0) is 68.6 Å². The lowest BCUT2D eigenvalue weighted by Gasteiger charge is -2.48. The number of amides is 7. The molecule has 0 saturated carbocycles. The molecule has 19 N–H and O–H groups in total. The third-order valence-corrected chi connectivity index (χ3v) is 23.1. The number of unbranched alkanes of at least 4 members (excludes halogenated alkanes) is 7. The number of nitrogens with two attached hydrogens (primary N) is 1. The van der Waals surface area contributed by atoms with Crippen molar-refractivity contribution >= 4 is 70.5 Å². The molecule has 680 valence electrons. The molecule has 2 unspecified atom stereocenters. The molecule has 7 aliphatic heterocycles. The van der Waals surface area contributed by atoms with E-state index in [1.807, 2.05) is 41.9 Å². The van der Waals surface area contributed by atoms with Gasteiger partial charge in [0, 0.05) is 36.2 Å². The van der Waals surface area contributed by atoms with Crippen LogP contribution in [0.1, 0.15) is 169 Å². The molecule has 38 heteroatoms. The van der Waals surface area contributed by atoms with Gasteiger partial charge in [-0.25, -0.2) is 0 Å². The van der Waals surface area contributed by atoms with Gasteiger partial charge in [-0.3, -0.25) is 33.6 Å². The summed E-state index contributed by atoms with van der Waals surface area (Å²) in [6, 6.07) is -1.00. The van der Waals surface area contributed by atoms with E-state index in [9.17, 15) is 60.3 Å². The number of aliphatic hydroxyl groups is 5. The number of aromatic hydroxyl groups is 3. The monoisotopic (exact) mass is 1770 g/mol. The van der Waals surface area contributed by atoms with E-state index in [1.54, 1.807) is 6.92 Å². The lowest BCUT2D eigenvalue weighted by Crippen LogP contribution is -2.64. The minimum atomic E-state index is -2.41. The highest BCUT2D eigenvalue weighted by molar-refractivity contribution is 6.32. The maximum absolute atomic E-state index is 16.4. The Bertz CT molecular complexity index is 4600. The normalized spacial score (nSPS) is 25.8. The Kier molecular flexibility index (Phi) is 34.2. The Morgan fingerprint density at radius 2 is 1.32 bits per heavy atom. The van der Waals surface area contributed by atoms with E-state index >= 15 is 24.0 Å². The zero-order chi connectivity index (χ0) is 90.2. The molecule has 36 nitrogen and oxygen atoms in total. The number of primary amides is 1. The summed E-state index contributed by atoms with van der Waals surface area (Å²) in [7, 11) is 7.56. The number of nitrogens with one attached hydrogen (secondary N) is 9. The molecule has 0 aliphatic carbocycles. The molecule has 0 aromatic heterocycles. The van der Waals surface area contributed by atoms with Gasteiger partial charge in [-0.1, -0.05) is 107 Å². The summed E-state index contributed by atoms with van der Waals surface area (Å²) in [6.45, 7) is 10.2. The van der Waals surface area contributed by atoms with Crippen LogP contribution >= 0.6 is 23.2 Å². The first-order chi connectivity index (χ1) is 58.9. The number of quaternary nitrogens is 1. The van der Waals surface area contributed by atoms with Gasteiger partial charge in [0.2, 0.25) is 47.1 Å². The van der Waals surface area contributed by atoms with Crippen LogP contribution in [0.15, 0.2) is 72.8 Å². The molecule has 2 saturated heterocycles. The fourth-order valence-corrected chi connectivity index (χ4v) is 16.0. The summed E-state index contributed by atoms with van der Waals surface area (Å²) in [5, 5.41) is 134. The third-order valence-electron chi connectivity index (χ3n) is 22.5. The van der Waals surface area contributed by atoms with Gasteiger partial charge in [0.05, 0.1) is 113 Å². The zero-order valence-electron chi connectivity index (χ0n) is 70.9. The van der Waals surface area contributed by atoms with Crippen LogP contribution in [0.5, 0.6) is 46.0 Å². The van der Waals surface area contributed by atoms with Crippen LogP contribution in [0.25, 0.3) is 11.1 Å². The maximum Gasteiger partial charge on any atom is 0.248 e. The van der Waals surface area contributed by atoms with Crippen LogP contribution in [0.4, 0.5) is 0 Å². The number of rotatable bonds is 34. The number of hydrogen-bond donors (Lipinski definition) is 18. The smallest absolute Gasteiger partial charge is 0.248 e. The Labute approximate surface area is 728 Å². The first kappa shape index (κ1) is 96.9. The standard InChI is InChI=1S/C86H117Cl2N11O25/c1-10-11-12-13-14-15-16-17-24-92-86(5)39-65(120-44(4)78(86)108)124-77-63(42-119-62(41-100)75(77)107)123-76-60-35-48-36-61(76)122-59-23-20-47(34-53(59)88)73(105)71-84(114)96-69(85(115)116)50-37-57(102)51(40-91-25-27-117-29-30-118-28-26-99(7,8)9)74(106)66(50)49-32-45(18-21-56(49)101)67(81(111)98-71)95-82(112)68(48)94-80(110)55(38-64(89)103)93-83(113)70(97-79(109)54(90-6)31-43(2)3)72(104)46-19-22-58(121-60)52(87)33-46/h18-23,32-37,43-44,54-55,62-63,65,67-73,75,77-78,90-92,100,104-105,107-108H,10-17,24-31,38-42H2,1-9H3,(H11-,89,93,94,95,96,97,98,101,102,103,106,109,110,111,112,113,114,115,116)/t44-,54+,55-,62+,63-,65?,67+,68+,69-,70+,71-,72+,73?,75-,77+,78+,86-/m0/s1. The Balaban J connectivity index is 1.15. The molecular formula is C86H117Cl2N11O25. The number of fused-ring (bicyclic) bond motifs is 15. The first-order valence-corrected chi connectivity index (χ1v) is 42.5. The second-order valence-corrected chi connectivity index (χ2v) is 34.4. The molecule has 17 atom stereocenters. The van der Waals surface area contributed by atoms with Crippen molar-refractivity contribution < 1.29 is 127 Å². The fraction of sp³-hybridized carbons (Fsp3) is 0.558. The molecule has 2 fully saturated rings. The number of carboxylic acid groups (broad SMARTS) is 1. The van der Waals surface area contributed by atoms with Crippen molar-refractivity contribution in [3.05, 3.63) is 116 Å². The highest BCUT2D eigenvalue weighted by atomic mass is 35.5. The number of carboxylic acids is 1. The van der Waals surface area contributed by atoms with Crippen molar-refractivity contribution in [2.24, 2.45) is 11.7 Å². The van der Waals surface area contributed by atoms with Crippen LogP contribution in [0, 0.1) is 5.92 Å². The van der Waals surface area contributed by atoms with Gasteiger partial charge in [-0.15, -0.1) is 0 Å². The molecule has 0 radical (unpaired) electrons. The molecule has 7 aliphatic rings. The average Bonchev–Trinajstić information content (AvgIpc) is 0.755. The van der Waals surface area contributed by atoms with Crippen molar-refractivity contribution in [2.75, 3.05) is 87.5 Å². The van der Waals surface area contributed by atoms with E-state index in [-0.39, 0.29) is 90.4 Å². The maximum atomic E-state index is 16.4. The second-order valence-electron chi connectivity index (χ2n) is 33.6. The van der Waals surface area contributed by atoms with Gasteiger partial charge in [-0.05, 0) is 129 Å². The van der Waals surface area contributed by atoms with Crippen LogP contribution in [0.3, 0.4) is 0 Å². The highest BCUT2D eigenvalue weighted by Crippen LogP contribution is 2.51. The molecule has 7 heterocycles. The van der Waals surface area contributed by atoms with Crippen LogP contribution < -0.4 is 72.9 Å². The fourth-order valence-electron chi connectivity index (χ4n) is 15.5. The number of benzene rings is 5. The Hall–Kier alpha value is -9.32. The number of aliphatic hydroxyl groups excluding tert-OH is 5. The first-order valence-electron chi connectivity index (χ1n) is 41.8. The predicted molar refractivity (Wildman–Crippen MR) is 448 cm³/mol. The lowest BCUT2D eigenvalue weighted by molar-refractivity contribution is -0.870. The van der Waals surface area contributed by atoms with Gasteiger partial charge in [0.15, 0.2) is 23.9 Å². The van der Waals surface area contributed by atoms with Crippen molar-refractivity contribution in [3.63, 3.8) is 0 Å². The molecule has 0 spiro atoms. The number of halogens is 2. The Morgan fingerprint density at radius 1 is 0.710 bits per heavy atom. The van der Waals surface area contributed by atoms with E-state index in [4.69, 9.17) is 66.8 Å². The zero-order valence-corrected chi connectivity index (χ0v) is 72.4. The quantitative estimate of drug-likeness (QED) is 0.0208. The molecule has 124 heavy (non-hydrogen) atoms. The number of ether oxygens (including phenoxy) is 8. The summed E-state index contributed by atoms with van der Waals surface area (Å²) in [5.41, 5.74) is 1.63. The average molecular weight is 1780 g/mol. The number of hydrogen-bond acceptors (Lipinski definition) is 28. The molecular weight excluding hydrogens is 1660 g/mol. The second kappa shape index (κ2) is 43.7. The highest BCUT2D eigenvalue weighted by Gasteiger charge is 2.50. The third kappa shape index (κ3) is 24.5. The predicted octanol–water partition coefficient (Wildman–Crippen LogP) is 3.05. The van der Waals surface area contributed by atoms with Crippen molar-refractivity contribution in [1.82, 2.24) is 47.9 Å². The van der Waals surface area contributed by atoms with Gasteiger partial charge in [0.25, 0.3) is 0 Å². The van der Waals surface area contributed by atoms with Crippen molar-refractivity contribution in [1.29, 1.82) is 0 Å². The van der Waals surface area contributed by atoms with E-state index in [2.05, 4.69) is 54.8 Å². The molecule has 11 bridgehead atoms. The largest absolute Gasteiger partial charge is 0.548 e. The molecule has 5 aromatic carbocycles. The van der Waals surface area contributed by atoms with Gasteiger partial charge >= 0.3 is 0 Å². The number of phenolic OH excluding ortho intramolecular Hbond substituents is 3. The number of carbonyl (C=O) groups excluding carboxylic acids is 8. The SMILES string of the molecule is CCCCCCCCCCN[C@@]1(C)CC(O[C@H]2[C@@H](O)[C@@H](CO)OC[C@@H]2Oc2c3cc4cc2Oc2ccc(cc2Cl)[C@@H](O)[C@@H](NC(=O)[C@@H](CC(C)C)NC)C(=O)N[C@@H](CC(N)=O)C(=O)N[C@H]4C(=O)N[C@H]2C(=O)N[C@H](C(=O)N[C@H](C(=O)[O-])c4cc(O)c(CNCCOCCOCC[N+](C)(C)C)c(O)c4-c4cc2ccc4O)C(O)c2ccc(c(Cl)c2)O3)O[C@@H](C)[C@H]1O. The summed E-state index contributed by atoms with van der Waals surface area (Å²) in [6.07, 6.45) is -6.00. The topological polar surface area (TPSA) is 530 Å². The van der Waals surface area contributed by atoms with Gasteiger partial charge < -0.3 is 147 Å². The number of nitrogens with zero attached hydrogens (tertiary/aromatic N) is 1. The van der Waals surface area contributed by atoms with E-state index < -0.39 is 232 Å². The van der Waals surface area contributed by atoms with Gasteiger partial charge in [0.1, 0.15) is 96.0 Å². The van der Waals surface area contributed by atoms with Gasteiger partial charge in [-0.2, -0.15) is 0 Å². The number of phenols is 3.